The number of carbonyl (C=O) groups is 2. The van der Waals surface area contributed by atoms with E-state index in [1.54, 1.807) is 0 Å². The molecule has 0 aromatic rings. The Kier molecular flexibility index (Phi) is 5.67. The van der Waals surface area contributed by atoms with Gasteiger partial charge in [0.05, 0.1) is 6.42 Å². The van der Waals surface area contributed by atoms with Gasteiger partial charge in [0.15, 0.2) is 0 Å². The Morgan fingerprint density at radius 1 is 1.25 bits per heavy atom. The number of rotatable bonds is 6. The van der Waals surface area contributed by atoms with Gasteiger partial charge in [0.25, 0.3) is 0 Å². The molecule has 0 aliphatic heterocycles. The molecule has 0 aromatic carbocycles. The van der Waals surface area contributed by atoms with Crippen molar-refractivity contribution < 1.29 is 14.3 Å². The summed E-state index contributed by atoms with van der Waals surface area (Å²) in [6, 6.07) is 0. The van der Waals surface area contributed by atoms with Gasteiger partial charge in [0.2, 0.25) is 0 Å². The zero-order valence-electron chi connectivity index (χ0n) is 10.3. The van der Waals surface area contributed by atoms with Crippen molar-refractivity contribution in [2.45, 2.75) is 46.0 Å². The zero-order valence-corrected chi connectivity index (χ0v) is 10.3. The van der Waals surface area contributed by atoms with E-state index < -0.39 is 0 Å². The molecule has 1 aliphatic rings. The second kappa shape index (κ2) is 6.79. The van der Waals surface area contributed by atoms with Gasteiger partial charge in [0.1, 0.15) is 11.6 Å². The molecule has 0 unspecified atom stereocenters. The van der Waals surface area contributed by atoms with Gasteiger partial charge in [-0.1, -0.05) is 13.8 Å². The summed E-state index contributed by atoms with van der Waals surface area (Å²) in [5.41, 5.74) is 0. The highest BCUT2D eigenvalue weighted by molar-refractivity contribution is 6.01. The summed E-state index contributed by atoms with van der Waals surface area (Å²) < 4.78 is 5.47. The standard InChI is InChI=1S/C13H22O3/c1-10(2)9-16-5-3-4-11-6-12(14)8-13(15)7-11/h10-11H,3-9H2,1-2H3. The summed E-state index contributed by atoms with van der Waals surface area (Å²) >= 11 is 0. The largest absolute Gasteiger partial charge is 0.381 e. The second-order valence-corrected chi connectivity index (χ2v) is 5.14. The van der Waals surface area contributed by atoms with Crippen molar-refractivity contribution >= 4 is 11.6 Å². The lowest BCUT2D eigenvalue weighted by molar-refractivity contribution is -0.131. The van der Waals surface area contributed by atoms with Gasteiger partial charge in [-0.05, 0) is 24.7 Å². The predicted octanol–water partition coefficient (Wildman–Crippen LogP) is 2.38. The van der Waals surface area contributed by atoms with Gasteiger partial charge >= 0.3 is 0 Å². The topological polar surface area (TPSA) is 43.4 Å². The smallest absolute Gasteiger partial charge is 0.140 e. The fourth-order valence-corrected chi connectivity index (χ4v) is 2.08. The molecule has 1 aliphatic carbocycles. The quantitative estimate of drug-likeness (QED) is 0.516. The number of carbonyl (C=O) groups excluding carboxylic acids is 2. The molecule has 0 heterocycles. The minimum absolute atomic E-state index is 0.115. The van der Waals surface area contributed by atoms with Crippen LogP contribution in [0.1, 0.15) is 46.0 Å². The molecular weight excluding hydrogens is 204 g/mol. The number of ketones is 2. The van der Waals surface area contributed by atoms with E-state index in [-0.39, 0.29) is 23.9 Å². The first kappa shape index (κ1) is 13.4. The van der Waals surface area contributed by atoms with E-state index >= 15 is 0 Å². The van der Waals surface area contributed by atoms with Crippen molar-refractivity contribution in [1.29, 1.82) is 0 Å². The van der Waals surface area contributed by atoms with Crippen molar-refractivity contribution in [1.82, 2.24) is 0 Å². The van der Waals surface area contributed by atoms with E-state index in [0.717, 1.165) is 26.1 Å². The van der Waals surface area contributed by atoms with Crippen LogP contribution in [0.15, 0.2) is 0 Å². The van der Waals surface area contributed by atoms with Crippen LogP contribution in [0.3, 0.4) is 0 Å². The Bertz CT molecular complexity index is 230. The van der Waals surface area contributed by atoms with Crippen LogP contribution >= 0.6 is 0 Å². The molecule has 1 fully saturated rings. The maximum atomic E-state index is 11.2. The molecule has 0 aromatic heterocycles. The molecule has 0 N–H and O–H groups in total. The first-order valence-corrected chi connectivity index (χ1v) is 6.19. The predicted molar refractivity (Wildman–Crippen MR) is 62.2 cm³/mol. The Labute approximate surface area is 97.5 Å². The third-order valence-electron chi connectivity index (χ3n) is 2.78. The molecule has 1 saturated carbocycles. The normalized spacial score (nSPS) is 18.4. The van der Waals surface area contributed by atoms with Crippen molar-refractivity contribution in [2.24, 2.45) is 11.8 Å². The third kappa shape index (κ3) is 5.40. The fraction of sp³-hybridized carbons (Fsp3) is 0.846. The van der Waals surface area contributed by atoms with Crippen molar-refractivity contribution in [3.8, 4) is 0 Å². The van der Waals surface area contributed by atoms with Gasteiger partial charge in [-0.25, -0.2) is 0 Å². The van der Waals surface area contributed by atoms with E-state index in [4.69, 9.17) is 4.74 Å². The number of hydrogen-bond acceptors (Lipinski definition) is 3. The Morgan fingerprint density at radius 2 is 1.88 bits per heavy atom. The minimum atomic E-state index is 0.115. The molecular formula is C13H22O3. The second-order valence-electron chi connectivity index (χ2n) is 5.14. The summed E-state index contributed by atoms with van der Waals surface area (Å²) in [6.45, 7) is 5.79. The lowest BCUT2D eigenvalue weighted by Crippen LogP contribution is -2.22. The average molecular weight is 226 g/mol. The molecule has 0 amide bonds. The fourth-order valence-electron chi connectivity index (χ4n) is 2.08. The van der Waals surface area contributed by atoms with E-state index in [0.29, 0.717) is 18.8 Å². The van der Waals surface area contributed by atoms with Crippen LogP contribution in [0.2, 0.25) is 0 Å². The minimum Gasteiger partial charge on any atom is -0.381 e. The number of hydrogen-bond donors (Lipinski definition) is 0. The SMILES string of the molecule is CC(C)COCCCC1CC(=O)CC(=O)C1. The number of Topliss-reactive ketones (excluding diaryl/α,β-unsaturated/α-hetero) is 2. The first-order chi connectivity index (χ1) is 7.58. The van der Waals surface area contributed by atoms with Crippen molar-refractivity contribution in [2.75, 3.05) is 13.2 Å². The highest BCUT2D eigenvalue weighted by Gasteiger charge is 2.24. The molecule has 0 radical (unpaired) electrons. The van der Waals surface area contributed by atoms with Gasteiger partial charge in [0, 0.05) is 26.1 Å². The highest BCUT2D eigenvalue weighted by Crippen LogP contribution is 2.23. The molecule has 0 bridgehead atoms. The van der Waals surface area contributed by atoms with Crippen LogP contribution in [0.5, 0.6) is 0 Å². The summed E-state index contributed by atoms with van der Waals surface area (Å²) in [4.78, 5) is 22.4. The van der Waals surface area contributed by atoms with E-state index in [1.807, 2.05) is 0 Å². The van der Waals surface area contributed by atoms with Crippen LogP contribution in [-0.2, 0) is 14.3 Å². The van der Waals surface area contributed by atoms with Gasteiger partial charge in [-0.15, -0.1) is 0 Å². The molecule has 92 valence electrons. The summed E-state index contributed by atoms with van der Waals surface area (Å²) in [7, 11) is 0. The molecule has 0 spiro atoms. The molecule has 16 heavy (non-hydrogen) atoms. The summed E-state index contributed by atoms with van der Waals surface area (Å²) in [5.74, 6) is 1.07. The average Bonchev–Trinajstić information content (AvgIpc) is 2.15. The first-order valence-electron chi connectivity index (χ1n) is 6.19. The Hall–Kier alpha value is -0.700. The van der Waals surface area contributed by atoms with Crippen molar-refractivity contribution in [3.05, 3.63) is 0 Å². The molecule has 1 rings (SSSR count). The maximum absolute atomic E-state index is 11.2. The Morgan fingerprint density at radius 3 is 2.44 bits per heavy atom. The van der Waals surface area contributed by atoms with Gasteiger partial charge < -0.3 is 4.74 Å². The van der Waals surface area contributed by atoms with Gasteiger partial charge in [-0.3, -0.25) is 9.59 Å². The molecule has 0 atom stereocenters. The lowest BCUT2D eigenvalue weighted by Gasteiger charge is -2.19. The maximum Gasteiger partial charge on any atom is 0.140 e. The summed E-state index contributed by atoms with van der Waals surface area (Å²) in [6.07, 6.45) is 3.25. The van der Waals surface area contributed by atoms with E-state index in [9.17, 15) is 9.59 Å². The van der Waals surface area contributed by atoms with Crippen LogP contribution in [0, 0.1) is 11.8 Å². The van der Waals surface area contributed by atoms with E-state index in [2.05, 4.69) is 13.8 Å². The lowest BCUT2D eigenvalue weighted by atomic mass is 9.84. The van der Waals surface area contributed by atoms with Crippen LogP contribution < -0.4 is 0 Å². The van der Waals surface area contributed by atoms with Crippen LogP contribution in [-0.4, -0.2) is 24.8 Å². The van der Waals surface area contributed by atoms with Crippen LogP contribution in [0.4, 0.5) is 0 Å². The van der Waals surface area contributed by atoms with E-state index in [1.165, 1.54) is 0 Å². The Balaban J connectivity index is 2.08. The van der Waals surface area contributed by atoms with Gasteiger partial charge in [-0.2, -0.15) is 0 Å². The summed E-state index contributed by atoms with van der Waals surface area (Å²) in [5, 5.41) is 0. The zero-order chi connectivity index (χ0) is 12.0. The monoisotopic (exact) mass is 226 g/mol. The molecule has 3 heteroatoms. The molecule has 0 saturated heterocycles. The third-order valence-corrected chi connectivity index (χ3v) is 2.78. The molecule has 3 nitrogen and oxygen atoms in total. The van der Waals surface area contributed by atoms with Crippen LogP contribution in [0.25, 0.3) is 0 Å². The highest BCUT2D eigenvalue weighted by atomic mass is 16.5. The number of ether oxygens (including phenoxy) is 1. The van der Waals surface area contributed by atoms with Crippen molar-refractivity contribution in [3.63, 3.8) is 0 Å².